The van der Waals surface area contributed by atoms with Crippen LogP contribution >= 0.6 is 0 Å². The lowest BCUT2D eigenvalue weighted by Gasteiger charge is -2.24. The first-order valence-corrected chi connectivity index (χ1v) is 6.46. The number of nitrogens with one attached hydrogen (secondary N) is 1. The van der Waals surface area contributed by atoms with Crippen LogP contribution in [0.2, 0.25) is 0 Å². The molecule has 4 heteroatoms. The standard InChI is InChI=1S/C12H28BNO2/c1-6-12(13)16-11(7-14-9(2)3)8-15-10(4)5/h9-12,14H,6-8,13H2,1-5H3/t11-,12+/m0/s1. The smallest absolute Gasteiger partial charge is 0.139 e. The van der Waals surface area contributed by atoms with Crippen LogP contribution in [-0.2, 0) is 9.47 Å². The number of ether oxygens (including phenoxy) is 2. The van der Waals surface area contributed by atoms with Gasteiger partial charge in [0.1, 0.15) is 7.85 Å². The summed E-state index contributed by atoms with van der Waals surface area (Å²) in [5, 5.41) is 3.39. The molecule has 3 nitrogen and oxygen atoms in total. The molecular formula is C12H28BNO2. The van der Waals surface area contributed by atoms with E-state index in [4.69, 9.17) is 9.47 Å². The van der Waals surface area contributed by atoms with Gasteiger partial charge in [-0.2, -0.15) is 0 Å². The Morgan fingerprint density at radius 3 is 2.25 bits per heavy atom. The minimum Gasteiger partial charge on any atom is -0.380 e. The van der Waals surface area contributed by atoms with Crippen LogP contribution in [0.1, 0.15) is 41.0 Å². The molecule has 1 N–H and O–H groups in total. The highest BCUT2D eigenvalue weighted by Crippen LogP contribution is 2.02. The molecule has 0 aliphatic rings. The van der Waals surface area contributed by atoms with Gasteiger partial charge in [0.25, 0.3) is 0 Å². The van der Waals surface area contributed by atoms with Crippen LogP contribution in [0.4, 0.5) is 0 Å². The van der Waals surface area contributed by atoms with Gasteiger partial charge < -0.3 is 14.8 Å². The van der Waals surface area contributed by atoms with Gasteiger partial charge >= 0.3 is 0 Å². The van der Waals surface area contributed by atoms with Crippen molar-refractivity contribution in [2.24, 2.45) is 0 Å². The molecule has 0 aliphatic heterocycles. The van der Waals surface area contributed by atoms with Gasteiger partial charge in [-0.3, -0.25) is 0 Å². The van der Waals surface area contributed by atoms with Crippen LogP contribution in [0.3, 0.4) is 0 Å². The average Bonchev–Trinajstić information content (AvgIpc) is 2.21. The zero-order valence-corrected chi connectivity index (χ0v) is 11.7. The Labute approximate surface area is 102 Å². The van der Waals surface area contributed by atoms with Crippen molar-refractivity contribution in [1.29, 1.82) is 0 Å². The molecule has 0 aromatic carbocycles. The van der Waals surface area contributed by atoms with Gasteiger partial charge in [-0.15, -0.1) is 0 Å². The lowest BCUT2D eigenvalue weighted by atomic mass is 9.97. The van der Waals surface area contributed by atoms with Crippen LogP contribution in [0.5, 0.6) is 0 Å². The largest absolute Gasteiger partial charge is 0.380 e. The second kappa shape index (κ2) is 9.02. The number of rotatable bonds is 9. The van der Waals surface area contributed by atoms with Crippen molar-refractivity contribution in [3.63, 3.8) is 0 Å². The summed E-state index contributed by atoms with van der Waals surface area (Å²) in [7, 11) is 2.11. The van der Waals surface area contributed by atoms with E-state index in [1.807, 2.05) is 0 Å². The maximum Gasteiger partial charge on any atom is 0.139 e. The van der Waals surface area contributed by atoms with E-state index in [0.717, 1.165) is 13.0 Å². The van der Waals surface area contributed by atoms with Crippen molar-refractivity contribution in [3.8, 4) is 0 Å². The van der Waals surface area contributed by atoms with Crippen molar-refractivity contribution in [2.75, 3.05) is 13.2 Å². The van der Waals surface area contributed by atoms with Crippen LogP contribution in [0.15, 0.2) is 0 Å². The first-order valence-electron chi connectivity index (χ1n) is 6.46. The molecular weight excluding hydrogens is 201 g/mol. The molecule has 0 saturated carbocycles. The van der Waals surface area contributed by atoms with Crippen molar-refractivity contribution in [3.05, 3.63) is 0 Å². The van der Waals surface area contributed by atoms with E-state index in [9.17, 15) is 0 Å². The molecule has 0 radical (unpaired) electrons. The summed E-state index contributed by atoms with van der Waals surface area (Å²) in [4.78, 5) is 0. The molecule has 0 spiro atoms. The van der Waals surface area contributed by atoms with Crippen LogP contribution in [0.25, 0.3) is 0 Å². The topological polar surface area (TPSA) is 30.5 Å². The van der Waals surface area contributed by atoms with Crippen molar-refractivity contribution < 1.29 is 9.47 Å². The summed E-state index contributed by atoms with van der Waals surface area (Å²) in [6.45, 7) is 12.1. The number of hydrogen-bond acceptors (Lipinski definition) is 3. The Kier molecular flexibility index (Phi) is 8.99. The first kappa shape index (κ1) is 15.9. The molecule has 0 aromatic rings. The molecule has 0 rings (SSSR count). The van der Waals surface area contributed by atoms with Gasteiger partial charge in [0.15, 0.2) is 0 Å². The van der Waals surface area contributed by atoms with Gasteiger partial charge in [-0.1, -0.05) is 20.8 Å². The molecule has 0 aliphatic carbocycles. The molecule has 96 valence electrons. The zero-order chi connectivity index (χ0) is 12.6. The second-order valence-corrected chi connectivity index (χ2v) is 4.92. The SMILES string of the molecule is B[C@@H](CC)O[C@@H](CNC(C)C)COC(C)C. The average molecular weight is 229 g/mol. The maximum atomic E-state index is 5.91. The van der Waals surface area contributed by atoms with E-state index >= 15 is 0 Å². The van der Waals surface area contributed by atoms with Crippen molar-refractivity contribution >= 4 is 7.85 Å². The molecule has 0 amide bonds. The fourth-order valence-corrected chi connectivity index (χ4v) is 1.24. The highest BCUT2D eigenvalue weighted by molar-refractivity contribution is 6.10. The Balaban J connectivity index is 3.94. The van der Waals surface area contributed by atoms with E-state index in [1.165, 1.54) is 0 Å². The maximum absolute atomic E-state index is 5.91. The fourth-order valence-electron chi connectivity index (χ4n) is 1.24. The summed E-state index contributed by atoms with van der Waals surface area (Å²) >= 11 is 0. The third-order valence-electron chi connectivity index (χ3n) is 2.37. The second-order valence-electron chi connectivity index (χ2n) is 4.92. The third kappa shape index (κ3) is 9.19. The summed E-state index contributed by atoms with van der Waals surface area (Å²) in [5.74, 6) is 0. The van der Waals surface area contributed by atoms with Crippen LogP contribution in [-0.4, -0.2) is 45.3 Å². The lowest BCUT2D eigenvalue weighted by molar-refractivity contribution is -0.0462. The predicted octanol–water partition coefficient (Wildman–Crippen LogP) is 1.16. The highest BCUT2D eigenvalue weighted by Gasteiger charge is 2.13. The molecule has 0 bridgehead atoms. The Bertz CT molecular complexity index is 153. The zero-order valence-electron chi connectivity index (χ0n) is 11.7. The Morgan fingerprint density at radius 1 is 1.19 bits per heavy atom. The number of hydrogen-bond donors (Lipinski definition) is 1. The summed E-state index contributed by atoms with van der Waals surface area (Å²) in [6.07, 6.45) is 1.46. The van der Waals surface area contributed by atoms with Crippen molar-refractivity contribution in [2.45, 2.75) is 65.3 Å². The normalized spacial score (nSPS) is 15.7. The van der Waals surface area contributed by atoms with Crippen LogP contribution < -0.4 is 5.32 Å². The third-order valence-corrected chi connectivity index (χ3v) is 2.37. The quantitative estimate of drug-likeness (QED) is 0.602. The van der Waals surface area contributed by atoms with Gasteiger partial charge in [0.2, 0.25) is 0 Å². The van der Waals surface area contributed by atoms with Crippen LogP contribution in [0, 0.1) is 0 Å². The first-order chi connectivity index (χ1) is 7.45. The molecule has 0 unspecified atom stereocenters. The lowest BCUT2D eigenvalue weighted by Crippen LogP contribution is -2.39. The van der Waals surface area contributed by atoms with E-state index in [0.29, 0.717) is 18.7 Å². The molecule has 0 fully saturated rings. The van der Waals surface area contributed by atoms with E-state index in [2.05, 4.69) is 47.8 Å². The van der Waals surface area contributed by atoms with Gasteiger partial charge in [0.05, 0.1) is 18.8 Å². The highest BCUT2D eigenvalue weighted by atomic mass is 16.5. The minimum atomic E-state index is 0.153. The van der Waals surface area contributed by atoms with E-state index in [1.54, 1.807) is 0 Å². The van der Waals surface area contributed by atoms with Gasteiger partial charge in [0, 0.05) is 18.6 Å². The molecule has 0 saturated heterocycles. The monoisotopic (exact) mass is 229 g/mol. The predicted molar refractivity (Wildman–Crippen MR) is 71.7 cm³/mol. The minimum absolute atomic E-state index is 0.153. The van der Waals surface area contributed by atoms with E-state index in [-0.39, 0.29) is 12.2 Å². The molecule has 16 heavy (non-hydrogen) atoms. The van der Waals surface area contributed by atoms with Gasteiger partial charge in [-0.05, 0) is 20.3 Å². The molecule has 2 atom stereocenters. The Hall–Kier alpha value is -0.0551. The van der Waals surface area contributed by atoms with Gasteiger partial charge in [-0.25, -0.2) is 0 Å². The van der Waals surface area contributed by atoms with E-state index < -0.39 is 0 Å². The van der Waals surface area contributed by atoms with Crippen molar-refractivity contribution in [1.82, 2.24) is 5.32 Å². The summed E-state index contributed by atoms with van der Waals surface area (Å²) in [5.41, 5.74) is 0. The Morgan fingerprint density at radius 2 is 1.81 bits per heavy atom. The summed E-state index contributed by atoms with van der Waals surface area (Å²) in [6, 6.07) is 0.789. The fraction of sp³-hybridized carbons (Fsp3) is 1.00. The molecule has 0 heterocycles. The summed E-state index contributed by atoms with van der Waals surface area (Å²) < 4.78 is 11.5. The molecule has 0 aromatic heterocycles.